The monoisotopic (exact) mass is 146 g/mol. The Morgan fingerprint density at radius 3 is 1.80 bits per heavy atom. The van der Waals surface area contributed by atoms with Gasteiger partial charge in [-0.1, -0.05) is 6.92 Å². The zero-order valence-corrected chi connectivity index (χ0v) is 5.87. The van der Waals surface area contributed by atoms with Crippen molar-refractivity contribution in [3.8, 4) is 0 Å². The van der Waals surface area contributed by atoms with E-state index in [9.17, 15) is 9.59 Å². The van der Waals surface area contributed by atoms with Crippen LogP contribution in [0.4, 0.5) is 0 Å². The molecular formula is C6H10O4. The van der Waals surface area contributed by atoms with Crippen molar-refractivity contribution in [2.75, 3.05) is 0 Å². The van der Waals surface area contributed by atoms with E-state index in [-0.39, 0.29) is 0 Å². The predicted molar refractivity (Wildman–Crippen MR) is 33.5 cm³/mol. The van der Waals surface area contributed by atoms with Gasteiger partial charge in [-0.2, -0.15) is 0 Å². The molecule has 0 aliphatic carbocycles. The van der Waals surface area contributed by atoms with E-state index in [0.29, 0.717) is 0 Å². The molecule has 4 nitrogen and oxygen atoms in total. The van der Waals surface area contributed by atoms with Crippen molar-refractivity contribution in [2.45, 2.75) is 20.0 Å². The van der Waals surface area contributed by atoms with E-state index < -0.39 is 23.8 Å². The molecule has 0 aliphatic heterocycles. The van der Waals surface area contributed by atoms with Crippen LogP contribution in [0, 0.1) is 5.92 Å². The zero-order valence-electron chi connectivity index (χ0n) is 5.87. The Labute approximate surface area is 58.5 Å². The second-order valence-electron chi connectivity index (χ2n) is 2.20. The molecule has 4 heteroatoms. The van der Waals surface area contributed by atoms with Crippen molar-refractivity contribution >= 4 is 11.8 Å². The fourth-order valence-electron chi connectivity index (χ4n) is 0.414. The number of hydrogen-bond acceptors (Lipinski definition) is 3. The summed E-state index contributed by atoms with van der Waals surface area (Å²) in [7, 11) is 0. The molecule has 0 fully saturated rings. The number of ketones is 1. The molecule has 0 aliphatic rings. The van der Waals surface area contributed by atoms with Crippen molar-refractivity contribution in [3.63, 3.8) is 0 Å². The molecule has 2 N–H and O–H groups in total. The van der Waals surface area contributed by atoms with Gasteiger partial charge in [-0.15, -0.1) is 0 Å². The summed E-state index contributed by atoms with van der Waals surface area (Å²) in [5, 5.41) is 16.9. The molecular weight excluding hydrogens is 136 g/mol. The molecule has 0 unspecified atom stereocenters. The summed E-state index contributed by atoms with van der Waals surface area (Å²) < 4.78 is 0. The van der Waals surface area contributed by atoms with Gasteiger partial charge in [-0.05, 0) is 6.92 Å². The third-order valence-corrected chi connectivity index (χ3v) is 1.35. The van der Waals surface area contributed by atoms with Crippen molar-refractivity contribution in [3.05, 3.63) is 0 Å². The fourth-order valence-corrected chi connectivity index (χ4v) is 0.414. The topological polar surface area (TPSA) is 74.6 Å². The number of aliphatic carboxylic acids is 1. The Balaban J connectivity index is 4.08. The Kier molecular flexibility index (Phi) is 3.02. The quantitative estimate of drug-likeness (QED) is 0.534. The lowest BCUT2D eigenvalue weighted by atomic mass is 10.0. The fraction of sp³-hybridized carbons (Fsp3) is 0.667. The molecule has 0 spiro atoms. The summed E-state index contributed by atoms with van der Waals surface area (Å²) in [6, 6.07) is 0. The number of carbonyl (C=O) groups excluding carboxylic acids is 1. The highest BCUT2D eigenvalue weighted by Gasteiger charge is 2.23. The molecule has 0 bridgehead atoms. The van der Waals surface area contributed by atoms with E-state index in [1.165, 1.54) is 13.8 Å². The normalized spacial score (nSPS) is 15.9. The third kappa shape index (κ3) is 2.14. The molecule has 0 amide bonds. The second kappa shape index (κ2) is 3.31. The Morgan fingerprint density at radius 2 is 1.70 bits per heavy atom. The minimum Gasteiger partial charge on any atom is -0.475 e. The standard InChI is InChI=1S/C6H10O4/c1-3(4(2)7)5(8)6(9)10/h3-4,7H,1-2H3,(H,9,10)/t3-,4-/m0/s1. The summed E-state index contributed by atoms with van der Waals surface area (Å²) in [5.74, 6) is -3.26. The maximum Gasteiger partial charge on any atom is 0.372 e. The van der Waals surface area contributed by atoms with Crippen LogP contribution in [0.2, 0.25) is 0 Å². The largest absolute Gasteiger partial charge is 0.475 e. The lowest BCUT2D eigenvalue weighted by Gasteiger charge is -2.08. The third-order valence-electron chi connectivity index (χ3n) is 1.35. The first kappa shape index (κ1) is 9.10. The van der Waals surface area contributed by atoms with Gasteiger partial charge < -0.3 is 10.2 Å². The van der Waals surface area contributed by atoms with Crippen molar-refractivity contribution in [1.82, 2.24) is 0 Å². The first-order valence-electron chi connectivity index (χ1n) is 2.92. The summed E-state index contributed by atoms with van der Waals surface area (Å²) >= 11 is 0. The van der Waals surface area contributed by atoms with Crippen LogP contribution in [0.5, 0.6) is 0 Å². The molecule has 10 heavy (non-hydrogen) atoms. The first-order chi connectivity index (χ1) is 4.46. The molecule has 0 aromatic carbocycles. The molecule has 2 atom stereocenters. The number of aliphatic hydroxyl groups is 1. The highest BCUT2D eigenvalue weighted by molar-refractivity contribution is 6.33. The average molecular weight is 146 g/mol. The van der Waals surface area contributed by atoms with Crippen molar-refractivity contribution in [1.29, 1.82) is 0 Å². The SMILES string of the molecule is C[C@H](O)[C@H](C)C(=O)C(=O)O. The van der Waals surface area contributed by atoms with E-state index in [0.717, 1.165) is 0 Å². The van der Waals surface area contributed by atoms with Crippen LogP contribution in [0.1, 0.15) is 13.8 Å². The van der Waals surface area contributed by atoms with Gasteiger partial charge >= 0.3 is 5.97 Å². The Morgan fingerprint density at radius 1 is 1.30 bits per heavy atom. The van der Waals surface area contributed by atoms with Gasteiger partial charge in [0.25, 0.3) is 0 Å². The molecule has 0 aromatic heterocycles. The van der Waals surface area contributed by atoms with Crippen molar-refractivity contribution in [2.24, 2.45) is 5.92 Å². The highest BCUT2D eigenvalue weighted by atomic mass is 16.4. The van der Waals surface area contributed by atoms with Crippen LogP contribution >= 0.6 is 0 Å². The molecule has 0 aromatic rings. The number of carbonyl (C=O) groups is 2. The Hall–Kier alpha value is -0.900. The lowest BCUT2D eigenvalue weighted by Crippen LogP contribution is -2.28. The molecule has 0 heterocycles. The summed E-state index contributed by atoms with van der Waals surface area (Å²) in [5.41, 5.74) is 0. The predicted octanol–water partition coefficient (Wildman–Crippen LogP) is -0.343. The van der Waals surface area contributed by atoms with E-state index in [1.807, 2.05) is 0 Å². The van der Waals surface area contributed by atoms with E-state index in [2.05, 4.69) is 0 Å². The van der Waals surface area contributed by atoms with Gasteiger partial charge in [0.2, 0.25) is 5.78 Å². The molecule has 0 rings (SSSR count). The number of Topliss-reactive ketones (excluding diaryl/α,β-unsaturated/α-hetero) is 1. The van der Waals surface area contributed by atoms with Crippen molar-refractivity contribution < 1.29 is 19.8 Å². The number of hydrogen-bond donors (Lipinski definition) is 2. The zero-order chi connectivity index (χ0) is 8.31. The van der Waals surface area contributed by atoms with Gasteiger partial charge in [0.05, 0.1) is 12.0 Å². The maximum atomic E-state index is 10.5. The lowest BCUT2D eigenvalue weighted by molar-refractivity contribution is -0.152. The van der Waals surface area contributed by atoms with E-state index >= 15 is 0 Å². The van der Waals surface area contributed by atoms with Crippen LogP contribution in [0.25, 0.3) is 0 Å². The summed E-state index contributed by atoms with van der Waals surface area (Å²) in [6.07, 6.45) is -0.899. The van der Waals surface area contributed by atoms with Crippen LogP contribution in [0.3, 0.4) is 0 Å². The highest BCUT2D eigenvalue weighted by Crippen LogP contribution is 2.02. The second-order valence-corrected chi connectivity index (χ2v) is 2.20. The van der Waals surface area contributed by atoms with Crippen LogP contribution in [-0.2, 0) is 9.59 Å². The summed E-state index contributed by atoms with van der Waals surface area (Å²) in [4.78, 5) is 20.5. The van der Waals surface area contributed by atoms with Gasteiger partial charge in [0.1, 0.15) is 0 Å². The van der Waals surface area contributed by atoms with Gasteiger partial charge in [0.15, 0.2) is 0 Å². The number of carboxylic acids is 1. The summed E-state index contributed by atoms with van der Waals surface area (Å²) in [6.45, 7) is 2.76. The van der Waals surface area contributed by atoms with Gasteiger partial charge in [0, 0.05) is 0 Å². The van der Waals surface area contributed by atoms with Crippen LogP contribution < -0.4 is 0 Å². The molecule has 58 valence electrons. The maximum absolute atomic E-state index is 10.5. The van der Waals surface area contributed by atoms with E-state index in [4.69, 9.17) is 10.2 Å². The van der Waals surface area contributed by atoms with Gasteiger partial charge in [-0.25, -0.2) is 4.79 Å². The van der Waals surface area contributed by atoms with Crippen LogP contribution in [0.15, 0.2) is 0 Å². The number of carboxylic acid groups (broad SMARTS) is 1. The minimum atomic E-state index is -1.49. The number of rotatable bonds is 3. The minimum absolute atomic E-state index is 0.822. The van der Waals surface area contributed by atoms with Gasteiger partial charge in [-0.3, -0.25) is 4.79 Å². The Bertz CT molecular complexity index is 150. The number of aliphatic hydroxyl groups excluding tert-OH is 1. The average Bonchev–Trinajstić information content (AvgIpc) is 1.84. The van der Waals surface area contributed by atoms with E-state index in [1.54, 1.807) is 0 Å². The first-order valence-corrected chi connectivity index (χ1v) is 2.92. The molecule has 0 radical (unpaired) electrons. The smallest absolute Gasteiger partial charge is 0.372 e. The van der Waals surface area contributed by atoms with Crippen LogP contribution in [-0.4, -0.2) is 28.1 Å². The molecule has 0 saturated carbocycles. The molecule has 0 saturated heterocycles.